The van der Waals surface area contributed by atoms with E-state index >= 15 is 0 Å². The SMILES string of the molecule is Cc1ccc(CNC(=O)C2CCN(C(=O)c3ccoc3)CC2)cc1F. The number of piperidine rings is 1. The van der Waals surface area contributed by atoms with Crippen LogP contribution in [-0.4, -0.2) is 29.8 Å². The Hall–Kier alpha value is -2.63. The third-order valence-corrected chi connectivity index (χ3v) is 4.62. The summed E-state index contributed by atoms with van der Waals surface area (Å²) in [6.07, 6.45) is 4.15. The molecule has 25 heavy (non-hydrogen) atoms. The Labute approximate surface area is 145 Å². The highest BCUT2D eigenvalue weighted by Crippen LogP contribution is 2.20. The zero-order valence-corrected chi connectivity index (χ0v) is 14.1. The molecular weight excluding hydrogens is 323 g/mol. The second kappa shape index (κ2) is 7.51. The molecule has 0 atom stereocenters. The number of halogens is 1. The number of rotatable bonds is 4. The smallest absolute Gasteiger partial charge is 0.257 e. The lowest BCUT2D eigenvalue weighted by Crippen LogP contribution is -2.42. The Morgan fingerprint density at radius 3 is 2.68 bits per heavy atom. The van der Waals surface area contributed by atoms with Gasteiger partial charge in [-0.1, -0.05) is 12.1 Å². The van der Waals surface area contributed by atoms with E-state index in [0.29, 0.717) is 43.6 Å². The van der Waals surface area contributed by atoms with Gasteiger partial charge in [-0.05, 0) is 43.0 Å². The van der Waals surface area contributed by atoms with Crippen molar-refractivity contribution in [1.29, 1.82) is 0 Å². The molecule has 0 bridgehead atoms. The van der Waals surface area contributed by atoms with E-state index in [1.807, 2.05) is 6.07 Å². The highest BCUT2D eigenvalue weighted by Gasteiger charge is 2.28. The van der Waals surface area contributed by atoms with Gasteiger partial charge >= 0.3 is 0 Å². The summed E-state index contributed by atoms with van der Waals surface area (Å²) in [7, 11) is 0. The fourth-order valence-electron chi connectivity index (χ4n) is 2.99. The molecule has 1 aromatic carbocycles. The number of likely N-dealkylation sites (tertiary alicyclic amines) is 1. The summed E-state index contributed by atoms with van der Waals surface area (Å²) in [5.74, 6) is -0.499. The number of aryl methyl sites for hydroxylation is 1. The van der Waals surface area contributed by atoms with Crippen LogP contribution in [0.15, 0.2) is 41.2 Å². The number of nitrogens with one attached hydrogen (secondary N) is 1. The molecule has 0 spiro atoms. The Morgan fingerprint density at radius 2 is 2.04 bits per heavy atom. The monoisotopic (exact) mass is 344 g/mol. The van der Waals surface area contributed by atoms with E-state index in [-0.39, 0.29) is 23.5 Å². The molecule has 5 nitrogen and oxygen atoms in total. The number of furan rings is 1. The van der Waals surface area contributed by atoms with E-state index in [1.165, 1.54) is 18.6 Å². The van der Waals surface area contributed by atoms with Gasteiger partial charge < -0.3 is 14.6 Å². The Kier molecular flexibility index (Phi) is 5.16. The Bertz CT molecular complexity index is 750. The minimum Gasteiger partial charge on any atom is -0.472 e. The van der Waals surface area contributed by atoms with Gasteiger partial charge in [0.25, 0.3) is 5.91 Å². The maximum absolute atomic E-state index is 13.5. The molecule has 2 heterocycles. The van der Waals surface area contributed by atoms with Crippen molar-refractivity contribution in [2.75, 3.05) is 13.1 Å². The van der Waals surface area contributed by atoms with Crippen LogP contribution in [0.1, 0.15) is 34.3 Å². The first-order valence-electron chi connectivity index (χ1n) is 8.39. The largest absolute Gasteiger partial charge is 0.472 e. The van der Waals surface area contributed by atoms with Crippen LogP contribution in [0, 0.1) is 18.7 Å². The Balaban J connectivity index is 1.48. The summed E-state index contributed by atoms with van der Waals surface area (Å²) in [5, 5.41) is 2.86. The highest BCUT2D eigenvalue weighted by atomic mass is 19.1. The number of amides is 2. The van der Waals surface area contributed by atoms with Crippen LogP contribution in [0.3, 0.4) is 0 Å². The molecule has 6 heteroatoms. The maximum atomic E-state index is 13.5. The van der Waals surface area contributed by atoms with Crippen molar-refractivity contribution in [2.24, 2.45) is 5.92 Å². The predicted octanol–water partition coefficient (Wildman–Crippen LogP) is 2.90. The maximum Gasteiger partial charge on any atom is 0.257 e. The van der Waals surface area contributed by atoms with Gasteiger partial charge in [0.2, 0.25) is 5.91 Å². The van der Waals surface area contributed by atoms with Crippen LogP contribution in [0.25, 0.3) is 0 Å². The van der Waals surface area contributed by atoms with Crippen LogP contribution < -0.4 is 5.32 Å². The molecule has 3 rings (SSSR count). The second-order valence-electron chi connectivity index (χ2n) is 6.38. The zero-order chi connectivity index (χ0) is 17.8. The molecule has 0 aliphatic carbocycles. The van der Waals surface area contributed by atoms with Gasteiger partial charge in [-0.15, -0.1) is 0 Å². The number of nitrogens with zero attached hydrogens (tertiary/aromatic N) is 1. The second-order valence-corrected chi connectivity index (χ2v) is 6.38. The van der Waals surface area contributed by atoms with Crippen LogP contribution in [0.4, 0.5) is 4.39 Å². The fourth-order valence-corrected chi connectivity index (χ4v) is 2.99. The molecule has 0 unspecified atom stereocenters. The summed E-state index contributed by atoms with van der Waals surface area (Å²) >= 11 is 0. The van der Waals surface area contributed by atoms with Gasteiger partial charge in [0.15, 0.2) is 0 Å². The van der Waals surface area contributed by atoms with E-state index in [0.717, 1.165) is 5.56 Å². The molecule has 0 radical (unpaired) electrons. The lowest BCUT2D eigenvalue weighted by atomic mass is 9.95. The Morgan fingerprint density at radius 1 is 1.28 bits per heavy atom. The van der Waals surface area contributed by atoms with Crippen molar-refractivity contribution in [3.63, 3.8) is 0 Å². The number of hydrogen-bond donors (Lipinski definition) is 1. The molecule has 0 saturated carbocycles. The van der Waals surface area contributed by atoms with Gasteiger partial charge in [0.05, 0.1) is 11.8 Å². The van der Waals surface area contributed by atoms with Gasteiger partial charge in [0, 0.05) is 25.6 Å². The van der Waals surface area contributed by atoms with Crippen molar-refractivity contribution in [3.8, 4) is 0 Å². The highest BCUT2D eigenvalue weighted by molar-refractivity contribution is 5.94. The minimum atomic E-state index is -0.266. The van der Waals surface area contributed by atoms with Crippen molar-refractivity contribution in [3.05, 3.63) is 59.3 Å². The van der Waals surface area contributed by atoms with Gasteiger partial charge in [-0.2, -0.15) is 0 Å². The lowest BCUT2D eigenvalue weighted by Gasteiger charge is -2.31. The fraction of sp³-hybridized carbons (Fsp3) is 0.368. The first-order chi connectivity index (χ1) is 12.0. The molecule has 2 amide bonds. The van der Waals surface area contributed by atoms with Crippen LogP contribution in [0.2, 0.25) is 0 Å². The van der Waals surface area contributed by atoms with Crippen molar-refractivity contribution >= 4 is 11.8 Å². The third kappa shape index (κ3) is 4.07. The van der Waals surface area contributed by atoms with E-state index in [4.69, 9.17) is 4.42 Å². The topological polar surface area (TPSA) is 62.6 Å². The van der Waals surface area contributed by atoms with E-state index in [9.17, 15) is 14.0 Å². The molecule has 1 fully saturated rings. The number of benzene rings is 1. The molecule has 1 saturated heterocycles. The van der Waals surface area contributed by atoms with E-state index in [1.54, 1.807) is 24.0 Å². The first-order valence-corrected chi connectivity index (χ1v) is 8.39. The molecule has 1 aliphatic heterocycles. The summed E-state index contributed by atoms with van der Waals surface area (Å²) in [6.45, 7) is 3.10. The molecule has 1 aliphatic rings. The lowest BCUT2D eigenvalue weighted by molar-refractivity contribution is -0.126. The molecule has 2 aromatic rings. The van der Waals surface area contributed by atoms with E-state index in [2.05, 4.69) is 5.32 Å². The summed E-state index contributed by atoms with van der Waals surface area (Å²) in [6, 6.07) is 6.60. The zero-order valence-electron chi connectivity index (χ0n) is 14.1. The standard InChI is InChI=1S/C19H21FN2O3/c1-13-2-3-14(10-17(13)20)11-21-18(23)15-4-7-22(8-5-15)19(24)16-6-9-25-12-16/h2-3,6,9-10,12,15H,4-5,7-8,11H2,1H3,(H,21,23). The molecule has 1 aromatic heterocycles. The predicted molar refractivity (Wildman–Crippen MR) is 90.3 cm³/mol. The number of carbonyl (C=O) groups excluding carboxylic acids is 2. The van der Waals surface area contributed by atoms with Crippen LogP contribution in [0.5, 0.6) is 0 Å². The molecule has 132 valence electrons. The average molecular weight is 344 g/mol. The van der Waals surface area contributed by atoms with Gasteiger partial charge in [0.1, 0.15) is 12.1 Å². The van der Waals surface area contributed by atoms with Gasteiger partial charge in [-0.25, -0.2) is 4.39 Å². The van der Waals surface area contributed by atoms with Gasteiger partial charge in [-0.3, -0.25) is 9.59 Å². The first kappa shape index (κ1) is 17.2. The molecule has 1 N–H and O–H groups in total. The normalized spacial score (nSPS) is 15.2. The summed E-state index contributed by atoms with van der Waals surface area (Å²) < 4.78 is 18.5. The van der Waals surface area contributed by atoms with E-state index < -0.39 is 0 Å². The average Bonchev–Trinajstić information content (AvgIpc) is 3.16. The number of carbonyl (C=O) groups is 2. The minimum absolute atomic E-state index is 0.0450. The number of hydrogen-bond acceptors (Lipinski definition) is 3. The summed E-state index contributed by atoms with van der Waals surface area (Å²) in [5.41, 5.74) is 1.86. The van der Waals surface area contributed by atoms with Crippen LogP contribution in [-0.2, 0) is 11.3 Å². The third-order valence-electron chi connectivity index (χ3n) is 4.62. The van der Waals surface area contributed by atoms with Crippen molar-refractivity contribution < 1.29 is 18.4 Å². The van der Waals surface area contributed by atoms with Crippen LogP contribution >= 0.6 is 0 Å². The summed E-state index contributed by atoms with van der Waals surface area (Å²) in [4.78, 5) is 26.3. The molecular formula is C19H21FN2O3. The van der Waals surface area contributed by atoms with Crippen molar-refractivity contribution in [1.82, 2.24) is 10.2 Å². The quantitative estimate of drug-likeness (QED) is 0.928. The van der Waals surface area contributed by atoms with Crippen molar-refractivity contribution in [2.45, 2.75) is 26.3 Å².